The van der Waals surface area contributed by atoms with E-state index in [-0.39, 0.29) is 0 Å². The summed E-state index contributed by atoms with van der Waals surface area (Å²) in [6.07, 6.45) is 24.7. The van der Waals surface area contributed by atoms with Crippen molar-refractivity contribution in [2.24, 2.45) is 0 Å². The summed E-state index contributed by atoms with van der Waals surface area (Å²) in [5.41, 5.74) is -0.694. The molecule has 0 unspecified atom stereocenters. The highest BCUT2D eigenvalue weighted by atomic mass is 16.3. The summed E-state index contributed by atoms with van der Waals surface area (Å²) in [6, 6.07) is 0. The van der Waals surface area contributed by atoms with Crippen LogP contribution in [0.3, 0.4) is 0 Å². The van der Waals surface area contributed by atoms with Crippen molar-refractivity contribution in [3.63, 3.8) is 0 Å². The maximum absolute atomic E-state index is 8.71. The lowest BCUT2D eigenvalue weighted by atomic mass is 10.1. The molecule has 0 aliphatic heterocycles. The standard InChI is InChI=1S/C18H36O.C5H10O/c1-2-3-4-5-6-7-8-9-10-11-12-13-14-15-16-17-18-19;1-4-5(2,3)6/h9-10,19H,2-8,11-18H2,1H3;4,6H,1H2,2-3H3/b10-9-;. The van der Waals surface area contributed by atoms with Gasteiger partial charge in [0.1, 0.15) is 0 Å². The van der Waals surface area contributed by atoms with Crippen LogP contribution in [-0.4, -0.2) is 22.4 Å². The van der Waals surface area contributed by atoms with Crippen LogP contribution in [0.5, 0.6) is 0 Å². The van der Waals surface area contributed by atoms with Crippen LogP contribution in [-0.2, 0) is 0 Å². The zero-order valence-electron chi connectivity index (χ0n) is 17.4. The van der Waals surface area contributed by atoms with Gasteiger partial charge in [0.15, 0.2) is 0 Å². The fraction of sp³-hybridized carbons (Fsp3) is 0.826. The first-order valence-electron chi connectivity index (χ1n) is 10.6. The minimum absolute atomic E-state index is 0.362. The first kappa shape index (κ1) is 26.6. The Bertz CT molecular complexity index is 276. The number of rotatable bonds is 16. The van der Waals surface area contributed by atoms with E-state index in [0.29, 0.717) is 6.61 Å². The molecule has 0 saturated heterocycles. The summed E-state index contributed by atoms with van der Waals surface area (Å²) >= 11 is 0. The molecule has 0 aliphatic rings. The van der Waals surface area contributed by atoms with Crippen LogP contribution in [0.25, 0.3) is 0 Å². The van der Waals surface area contributed by atoms with Crippen molar-refractivity contribution < 1.29 is 10.2 Å². The van der Waals surface area contributed by atoms with Gasteiger partial charge in [-0.05, 0) is 46.0 Å². The van der Waals surface area contributed by atoms with Gasteiger partial charge in [0, 0.05) is 6.61 Å². The van der Waals surface area contributed by atoms with Gasteiger partial charge >= 0.3 is 0 Å². The van der Waals surface area contributed by atoms with Crippen molar-refractivity contribution in [2.75, 3.05) is 6.61 Å². The van der Waals surface area contributed by atoms with Crippen molar-refractivity contribution >= 4 is 0 Å². The highest BCUT2D eigenvalue weighted by Gasteiger charge is 2.02. The van der Waals surface area contributed by atoms with Gasteiger partial charge in [-0.3, -0.25) is 0 Å². The molecule has 2 heteroatoms. The van der Waals surface area contributed by atoms with Crippen molar-refractivity contribution in [3.8, 4) is 0 Å². The van der Waals surface area contributed by atoms with E-state index >= 15 is 0 Å². The molecule has 0 radical (unpaired) electrons. The summed E-state index contributed by atoms with van der Waals surface area (Å²) in [4.78, 5) is 0. The van der Waals surface area contributed by atoms with E-state index < -0.39 is 5.60 Å². The predicted octanol–water partition coefficient (Wildman–Crippen LogP) is 6.96. The minimum Gasteiger partial charge on any atom is -0.396 e. The van der Waals surface area contributed by atoms with Gasteiger partial charge in [-0.1, -0.05) is 82.9 Å². The number of aliphatic hydroxyl groups is 2. The normalized spacial score (nSPS) is 11.4. The Morgan fingerprint density at radius 1 is 0.720 bits per heavy atom. The topological polar surface area (TPSA) is 40.5 Å². The number of hydrogen-bond donors (Lipinski definition) is 2. The minimum atomic E-state index is -0.694. The van der Waals surface area contributed by atoms with E-state index in [1.807, 2.05) is 0 Å². The molecule has 0 fully saturated rings. The molecule has 0 aromatic carbocycles. The summed E-state index contributed by atoms with van der Waals surface area (Å²) in [6.45, 7) is 9.38. The second kappa shape index (κ2) is 21.4. The average molecular weight is 355 g/mol. The van der Waals surface area contributed by atoms with Gasteiger partial charge in [-0.25, -0.2) is 0 Å². The van der Waals surface area contributed by atoms with E-state index in [0.717, 1.165) is 6.42 Å². The summed E-state index contributed by atoms with van der Waals surface area (Å²) < 4.78 is 0. The molecule has 0 bridgehead atoms. The molecular formula is C23H46O2. The van der Waals surface area contributed by atoms with E-state index in [9.17, 15) is 0 Å². The summed E-state index contributed by atoms with van der Waals surface area (Å²) in [5.74, 6) is 0. The third kappa shape index (κ3) is 31.7. The Morgan fingerprint density at radius 2 is 1.08 bits per heavy atom. The van der Waals surface area contributed by atoms with E-state index in [1.54, 1.807) is 13.8 Å². The van der Waals surface area contributed by atoms with Crippen molar-refractivity contribution in [1.29, 1.82) is 0 Å². The van der Waals surface area contributed by atoms with Crippen molar-refractivity contribution in [3.05, 3.63) is 24.8 Å². The molecule has 25 heavy (non-hydrogen) atoms. The Labute approximate surface area is 158 Å². The third-order valence-electron chi connectivity index (χ3n) is 4.17. The van der Waals surface area contributed by atoms with Gasteiger partial charge in [0.2, 0.25) is 0 Å². The lowest BCUT2D eigenvalue weighted by Gasteiger charge is -2.07. The fourth-order valence-corrected chi connectivity index (χ4v) is 2.36. The molecule has 0 atom stereocenters. The average Bonchev–Trinajstić information content (AvgIpc) is 2.58. The molecule has 150 valence electrons. The van der Waals surface area contributed by atoms with Gasteiger partial charge in [0.25, 0.3) is 0 Å². The first-order valence-corrected chi connectivity index (χ1v) is 10.6. The number of aliphatic hydroxyl groups excluding tert-OH is 1. The van der Waals surface area contributed by atoms with E-state index in [4.69, 9.17) is 10.2 Å². The lowest BCUT2D eigenvalue weighted by Crippen LogP contribution is -2.12. The van der Waals surface area contributed by atoms with Crippen LogP contribution >= 0.6 is 0 Å². The summed E-state index contributed by atoms with van der Waals surface area (Å²) in [7, 11) is 0. The van der Waals surface area contributed by atoms with Gasteiger partial charge in [0.05, 0.1) is 5.60 Å². The molecule has 0 aromatic rings. The van der Waals surface area contributed by atoms with Crippen LogP contribution < -0.4 is 0 Å². The largest absolute Gasteiger partial charge is 0.396 e. The highest BCUT2D eigenvalue weighted by Crippen LogP contribution is 2.09. The Kier molecular flexibility index (Phi) is 22.8. The zero-order valence-corrected chi connectivity index (χ0v) is 17.4. The van der Waals surface area contributed by atoms with E-state index in [1.165, 1.54) is 89.5 Å². The third-order valence-corrected chi connectivity index (χ3v) is 4.17. The fourth-order valence-electron chi connectivity index (χ4n) is 2.36. The van der Waals surface area contributed by atoms with Gasteiger partial charge in [-0.15, -0.1) is 6.58 Å². The quantitative estimate of drug-likeness (QED) is 0.232. The van der Waals surface area contributed by atoms with Crippen LogP contribution in [0.15, 0.2) is 24.8 Å². The molecular weight excluding hydrogens is 308 g/mol. The van der Waals surface area contributed by atoms with Crippen LogP contribution in [0.4, 0.5) is 0 Å². The second-order valence-electron chi connectivity index (χ2n) is 7.52. The maximum atomic E-state index is 8.71. The van der Waals surface area contributed by atoms with Crippen LogP contribution in [0, 0.1) is 0 Å². The van der Waals surface area contributed by atoms with Gasteiger partial charge < -0.3 is 10.2 Å². The molecule has 0 amide bonds. The first-order chi connectivity index (χ1) is 12.0. The smallest absolute Gasteiger partial charge is 0.0769 e. The monoisotopic (exact) mass is 354 g/mol. The van der Waals surface area contributed by atoms with E-state index in [2.05, 4.69) is 25.7 Å². The second-order valence-corrected chi connectivity index (χ2v) is 7.52. The maximum Gasteiger partial charge on any atom is 0.0769 e. The van der Waals surface area contributed by atoms with Crippen LogP contribution in [0.1, 0.15) is 111 Å². The zero-order chi connectivity index (χ0) is 19.2. The SMILES string of the molecule is C=CC(C)(C)O.CCCCCCCC/C=C\CCCCCCCCO. The molecule has 0 saturated carbocycles. The highest BCUT2D eigenvalue weighted by molar-refractivity contribution is 4.86. The number of allylic oxidation sites excluding steroid dienone is 2. The van der Waals surface area contributed by atoms with Crippen molar-refractivity contribution in [1.82, 2.24) is 0 Å². The number of hydrogen-bond acceptors (Lipinski definition) is 2. The summed E-state index contributed by atoms with van der Waals surface area (Å²) in [5, 5.41) is 17.4. The molecule has 0 spiro atoms. The molecule has 0 rings (SSSR count). The molecule has 2 nitrogen and oxygen atoms in total. The Morgan fingerprint density at radius 3 is 1.44 bits per heavy atom. The van der Waals surface area contributed by atoms with Crippen molar-refractivity contribution in [2.45, 2.75) is 116 Å². The van der Waals surface area contributed by atoms with Gasteiger partial charge in [-0.2, -0.15) is 0 Å². The van der Waals surface area contributed by atoms with Crippen LogP contribution in [0.2, 0.25) is 0 Å². The Balaban J connectivity index is 0. The lowest BCUT2D eigenvalue weighted by molar-refractivity contribution is 0.133. The molecule has 2 N–H and O–H groups in total. The number of unbranched alkanes of at least 4 members (excludes halogenated alkanes) is 12. The molecule has 0 aromatic heterocycles. The molecule has 0 aliphatic carbocycles. The molecule has 0 heterocycles. The Hall–Kier alpha value is -0.600. The predicted molar refractivity (Wildman–Crippen MR) is 113 cm³/mol.